The summed E-state index contributed by atoms with van der Waals surface area (Å²) < 4.78 is 11.2. The number of benzene rings is 2. The van der Waals surface area contributed by atoms with Crippen molar-refractivity contribution in [1.29, 1.82) is 0 Å². The van der Waals surface area contributed by atoms with Crippen LogP contribution in [-0.2, 0) is 0 Å². The predicted molar refractivity (Wildman–Crippen MR) is 122 cm³/mol. The van der Waals surface area contributed by atoms with Gasteiger partial charge in [-0.2, -0.15) is 0 Å². The number of phenolic OH excluding ortho intramolecular Hbond substituents is 1. The summed E-state index contributed by atoms with van der Waals surface area (Å²) in [6.07, 6.45) is 0. The van der Waals surface area contributed by atoms with E-state index in [1.165, 1.54) is 0 Å². The van der Waals surface area contributed by atoms with Crippen LogP contribution in [0.25, 0.3) is 10.9 Å². The van der Waals surface area contributed by atoms with Gasteiger partial charge in [0.2, 0.25) is 0 Å². The van der Waals surface area contributed by atoms with Crippen LogP contribution >= 0.6 is 0 Å². The van der Waals surface area contributed by atoms with Gasteiger partial charge >= 0.3 is 0 Å². The maximum atomic E-state index is 11.2. The van der Waals surface area contributed by atoms with Gasteiger partial charge in [0.05, 0.1) is 20.3 Å². The van der Waals surface area contributed by atoms with Crippen LogP contribution < -0.4 is 14.8 Å². The fraction of sp³-hybridized carbons (Fsp3) is 0.200. The lowest BCUT2D eigenvalue weighted by Gasteiger charge is -2.24. The Morgan fingerprint density at radius 2 is 1.55 bits per heavy atom. The zero-order valence-corrected chi connectivity index (χ0v) is 18.0. The number of fused-ring (bicyclic) bond motifs is 1. The van der Waals surface area contributed by atoms with Crippen LogP contribution in [0.3, 0.4) is 0 Å². The molecule has 158 valence electrons. The van der Waals surface area contributed by atoms with Crippen LogP contribution in [0.15, 0.2) is 60.7 Å². The third-order valence-electron chi connectivity index (χ3n) is 5.24. The van der Waals surface area contributed by atoms with Crippen molar-refractivity contribution in [2.75, 3.05) is 19.5 Å². The Morgan fingerprint density at radius 3 is 2.29 bits per heavy atom. The van der Waals surface area contributed by atoms with Crippen molar-refractivity contribution in [2.45, 2.75) is 19.9 Å². The minimum absolute atomic E-state index is 0.122. The molecule has 1 atom stereocenters. The Morgan fingerprint density at radius 1 is 0.806 bits per heavy atom. The van der Waals surface area contributed by atoms with Crippen molar-refractivity contribution in [1.82, 2.24) is 9.97 Å². The Bertz CT molecular complexity index is 1240. The second kappa shape index (κ2) is 8.52. The normalized spacial score (nSPS) is 11.9. The number of ether oxygens (including phenoxy) is 2. The van der Waals surface area contributed by atoms with Gasteiger partial charge in [0, 0.05) is 27.9 Å². The molecule has 0 aliphatic heterocycles. The fourth-order valence-electron chi connectivity index (χ4n) is 3.75. The van der Waals surface area contributed by atoms with Gasteiger partial charge < -0.3 is 19.9 Å². The van der Waals surface area contributed by atoms with E-state index < -0.39 is 6.04 Å². The molecule has 2 N–H and O–H groups in total. The summed E-state index contributed by atoms with van der Waals surface area (Å²) in [5.74, 6) is 2.01. The average Bonchev–Trinajstić information content (AvgIpc) is 2.78. The summed E-state index contributed by atoms with van der Waals surface area (Å²) in [5.41, 5.74) is 3.77. The van der Waals surface area contributed by atoms with E-state index in [4.69, 9.17) is 9.47 Å². The van der Waals surface area contributed by atoms with Gasteiger partial charge in [-0.15, -0.1) is 0 Å². The van der Waals surface area contributed by atoms with Crippen LogP contribution in [0.1, 0.15) is 28.6 Å². The standard InChI is InChI=1S/C25H25N3O3/c1-15-7-5-10-21(26-15)28-23(19-8-6-9-20(30-3)25(19)31-4)18-14-13-17-12-11-16(2)27-22(17)24(18)29/h5-14,23,29H,1-4H3,(H,26,28). The minimum Gasteiger partial charge on any atom is -0.505 e. The third kappa shape index (κ3) is 3.97. The average molecular weight is 415 g/mol. The maximum absolute atomic E-state index is 11.2. The number of hydrogen-bond acceptors (Lipinski definition) is 6. The quantitative estimate of drug-likeness (QED) is 0.452. The van der Waals surface area contributed by atoms with E-state index in [1.54, 1.807) is 14.2 Å². The molecule has 0 spiro atoms. The molecule has 0 fully saturated rings. The number of methoxy groups -OCH3 is 2. The second-order valence-corrected chi connectivity index (χ2v) is 7.35. The van der Waals surface area contributed by atoms with E-state index >= 15 is 0 Å². The number of phenols is 1. The van der Waals surface area contributed by atoms with Gasteiger partial charge in [-0.25, -0.2) is 9.97 Å². The second-order valence-electron chi connectivity index (χ2n) is 7.35. The number of pyridine rings is 2. The van der Waals surface area contributed by atoms with Gasteiger partial charge in [-0.05, 0) is 38.1 Å². The number of aryl methyl sites for hydroxylation is 2. The number of nitrogens with one attached hydrogen (secondary N) is 1. The molecule has 6 nitrogen and oxygen atoms in total. The zero-order valence-electron chi connectivity index (χ0n) is 18.0. The van der Waals surface area contributed by atoms with E-state index in [1.807, 2.05) is 74.5 Å². The first-order chi connectivity index (χ1) is 15.0. The minimum atomic E-state index is -0.453. The van der Waals surface area contributed by atoms with Crippen molar-refractivity contribution in [2.24, 2.45) is 0 Å². The van der Waals surface area contributed by atoms with E-state index in [0.29, 0.717) is 28.4 Å². The van der Waals surface area contributed by atoms with Crippen molar-refractivity contribution in [3.05, 3.63) is 83.2 Å². The summed E-state index contributed by atoms with van der Waals surface area (Å²) in [6, 6.07) is 18.8. The molecule has 2 aromatic heterocycles. The number of hydrogen-bond donors (Lipinski definition) is 2. The summed E-state index contributed by atoms with van der Waals surface area (Å²) in [7, 11) is 3.21. The highest BCUT2D eigenvalue weighted by molar-refractivity contribution is 5.86. The van der Waals surface area contributed by atoms with E-state index in [2.05, 4.69) is 15.3 Å². The van der Waals surface area contributed by atoms with Crippen molar-refractivity contribution in [3.8, 4) is 17.2 Å². The molecule has 4 aromatic rings. The van der Waals surface area contributed by atoms with Crippen molar-refractivity contribution in [3.63, 3.8) is 0 Å². The van der Waals surface area contributed by atoms with E-state index in [9.17, 15) is 5.11 Å². The van der Waals surface area contributed by atoms with Crippen LogP contribution in [0, 0.1) is 13.8 Å². The number of rotatable bonds is 6. The third-order valence-corrected chi connectivity index (χ3v) is 5.24. The number of aromatic hydroxyl groups is 1. The maximum Gasteiger partial charge on any atom is 0.166 e. The molecule has 0 aliphatic rings. The van der Waals surface area contributed by atoms with E-state index in [0.717, 1.165) is 22.3 Å². The summed E-state index contributed by atoms with van der Waals surface area (Å²) >= 11 is 0. The Balaban J connectivity index is 1.93. The highest BCUT2D eigenvalue weighted by Crippen LogP contribution is 2.42. The van der Waals surface area contributed by atoms with E-state index in [-0.39, 0.29) is 5.75 Å². The first-order valence-corrected chi connectivity index (χ1v) is 10.0. The molecule has 0 amide bonds. The lowest BCUT2D eigenvalue weighted by molar-refractivity contribution is 0.351. The molecule has 6 heteroatoms. The van der Waals surface area contributed by atoms with Crippen molar-refractivity contribution >= 4 is 16.7 Å². The molecule has 0 saturated heterocycles. The summed E-state index contributed by atoms with van der Waals surface area (Å²) in [4.78, 5) is 9.15. The monoisotopic (exact) mass is 415 g/mol. The molecule has 4 rings (SSSR count). The van der Waals surface area contributed by atoms with Gasteiger partial charge in [-0.1, -0.05) is 36.4 Å². The van der Waals surface area contributed by atoms with Crippen LogP contribution in [0.5, 0.6) is 17.2 Å². The molecule has 31 heavy (non-hydrogen) atoms. The number of anilines is 1. The zero-order chi connectivity index (χ0) is 22.0. The first kappa shape index (κ1) is 20.5. The fourth-order valence-corrected chi connectivity index (χ4v) is 3.75. The van der Waals surface area contributed by atoms with Crippen molar-refractivity contribution < 1.29 is 14.6 Å². The van der Waals surface area contributed by atoms with Crippen LogP contribution in [0.4, 0.5) is 5.82 Å². The molecule has 2 aromatic carbocycles. The summed E-state index contributed by atoms with van der Waals surface area (Å²) in [5, 5.41) is 15.6. The Hall–Kier alpha value is -3.80. The van der Waals surface area contributed by atoms with Crippen LogP contribution in [-0.4, -0.2) is 29.3 Å². The lowest BCUT2D eigenvalue weighted by atomic mass is 9.95. The Labute approximate surface area is 181 Å². The van der Waals surface area contributed by atoms with Gasteiger partial charge in [0.15, 0.2) is 11.5 Å². The lowest BCUT2D eigenvalue weighted by Crippen LogP contribution is -2.15. The molecule has 0 saturated carbocycles. The molecule has 1 unspecified atom stereocenters. The topological polar surface area (TPSA) is 76.5 Å². The highest BCUT2D eigenvalue weighted by Gasteiger charge is 2.25. The molecule has 0 bridgehead atoms. The smallest absolute Gasteiger partial charge is 0.166 e. The molecule has 0 aliphatic carbocycles. The molecule has 0 radical (unpaired) electrons. The molecule has 2 heterocycles. The largest absolute Gasteiger partial charge is 0.505 e. The Kier molecular flexibility index (Phi) is 5.62. The number of aromatic nitrogens is 2. The number of nitrogens with zero attached hydrogens (tertiary/aromatic N) is 2. The highest BCUT2D eigenvalue weighted by atomic mass is 16.5. The molecular weight excluding hydrogens is 390 g/mol. The number of para-hydroxylation sites is 1. The first-order valence-electron chi connectivity index (χ1n) is 10.0. The van der Waals surface area contributed by atoms with Gasteiger partial charge in [0.1, 0.15) is 17.1 Å². The van der Waals surface area contributed by atoms with Crippen LogP contribution in [0.2, 0.25) is 0 Å². The predicted octanol–water partition coefficient (Wildman–Crippen LogP) is 5.17. The van der Waals surface area contributed by atoms with Gasteiger partial charge in [-0.3, -0.25) is 0 Å². The SMILES string of the molecule is COc1cccc(C(Nc2cccc(C)n2)c2ccc3ccc(C)nc3c2O)c1OC. The summed E-state index contributed by atoms with van der Waals surface area (Å²) in [6.45, 7) is 3.84. The van der Waals surface area contributed by atoms with Gasteiger partial charge in [0.25, 0.3) is 0 Å². The molecular formula is C25H25N3O3.